The van der Waals surface area contributed by atoms with Crippen LogP contribution in [0.4, 0.5) is 4.79 Å². The first-order valence-corrected chi connectivity index (χ1v) is 9.30. The van der Waals surface area contributed by atoms with Crippen molar-refractivity contribution in [2.24, 2.45) is 7.05 Å². The zero-order valence-electron chi connectivity index (χ0n) is 15.6. The van der Waals surface area contributed by atoms with E-state index >= 15 is 0 Å². The van der Waals surface area contributed by atoms with Gasteiger partial charge in [-0.1, -0.05) is 6.92 Å². The molecule has 1 aliphatic heterocycles. The van der Waals surface area contributed by atoms with Crippen LogP contribution in [0.15, 0.2) is 0 Å². The van der Waals surface area contributed by atoms with Crippen molar-refractivity contribution in [1.82, 2.24) is 25.3 Å². The SMILES string of the molecule is CC[C@@H](NC(=O)N1CCC[C@@H]1C(=O)NC1CC1)c1c(C)nn(C)c1C. The summed E-state index contributed by atoms with van der Waals surface area (Å²) in [4.78, 5) is 26.9. The lowest BCUT2D eigenvalue weighted by Gasteiger charge is -2.27. The Labute approximate surface area is 149 Å². The number of aromatic nitrogens is 2. The lowest BCUT2D eigenvalue weighted by Crippen LogP contribution is -2.50. The van der Waals surface area contributed by atoms with E-state index in [0.29, 0.717) is 12.6 Å². The van der Waals surface area contributed by atoms with Gasteiger partial charge in [0.25, 0.3) is 0 Å². The Morgan fingerprint density at radius 1 is 1.28 bits per heavy atom. The molecule has 3 amide bonds. The highest BCUT2D eigenvalue weighted by Gasteiger charge is 2.37. The number of rotatable bonds is 5. The molecule has 1 aromatic rings. The molecule has 2 heterocycles. The zero-order chi connectivity index (χ0) is 18.1. The first-order chi connectivity index (χ1) is 11.9. The zero-order valence-corrected chi connectivity index (χ0v) is 15.6. The molecule has 138 valence electrons. The standard InChI is InChI=1S/C18H29N5O2/c1-5-14(16-11(2)21-22(4)12(16)3)20-18(25)23-10-6-7-15(23)17(24)19-13-8-9-13/h13-15H,5-10H2,1-4H3,(H,19,24)(H,20,25)/t14-,15-/m1/s1. The second-order valence-corrected chi connectivity index (χ2v) is 7.25. The summed E-state index contributed by atoms with van der Waals surface area (Å²) in [5.74, 6) is -0.00284. The summed E-state index contributed by atoms with van der Waals surface area (Å²) in [6.07, 6.45) is 4.52. The number of nitrogens with zero attached hydrogens (tertiary/aromatic N) is 3. The summed E-state index contributed by atoms with van der Waals surface area (Å²) in [6, 6.07) is -0.256. The van der Waals surface area contributed by atoms with Crippen LogP contribution < -0.4 is 10.6 Å². The van der Waals surface area contributed by atoms with Crippen LogP contribution in [0.25, 0.3) is 0 Å². The maximum Gasteiger partial charge on any atom is 0.318 e. The fourth-order valence-corrected chi connectivity index (χ4v) is 3.71. The second kappa shape index (κ2) is 7.06. The molecule has 0 unspecified atom stereocenters. The third-order valence-electron chi connectivity index (χ3n) is 5.36. The molecular weight excluding hydrogens is 318 g/mol. The number of likely N-dealkylation sites (tertiary alicyclic amines) is 1. The van der Waals surface area contributed by atoms with Gasteiger partial charge in [0, 0.05) is 30.9 Å². The van der Waals surface area contributed by atoms with Crippen molar-refractivity contribution in [1.29, 1.82) is 0 Å². The molecule has 3 rings (SSSR count). The number of hydrogen-bond donors (Lipinski definition) is 2. The van der Waals surface area contributed by atoms with Gasteiger partial charge in [0.05, 0.1) is 11.7 Å². The summed E-state index contributed by atoms with van der Waals surface area (Å²) in [5.41, 5.74) is 3.09. The van der Waals surface area contributed by atoms with E-state index < -0.39 is 0 Å². The van der Waals surface area contributed by atoms with E-state index in [1.807, 2.05) is 25.6 Å². The average Bonchev–Trinajstić information content (AvgIpc) is 3.17. The maximum atomic E-state index is 12.8. The lowest BCUT2D eigenvalue weighted by atomic mass is 10.0. The van der Waals surface area contributed by atoms with E-state index in [2.05, 4.69) is 22.7 Å². The van der Waals surface area contributed by atoms with Crippen LogP contribution in [0, 0.1) is 13.8 Å². The van der Waals surface area contributed by atoms with Crippen LogP contribution >= 0.6 is 0 Å². The molecule has 2 N–H and O–H groups in total. The van der Waals surface area contributed by atoms with Crippen LogP contribution in [0.5, 0.6) is 0 Å². The Bertz CT molecular complexity index is 665. The van der Waals surface area contributed by atoms with Crippen molar-refractivity contribution in [3.63, 3.8) is 0 Å². The molecule has 1 saturated heterocycles. The predicted molar refractivity (Wildman–Crippen MR) is 95.1 cm³/mol. The summed E-state index contributed by atoms with van der Waals surface area (Å²) in [6.45, 7) is 6.68. The Morgan fingerprint density at radius 3 is 2.56 bits per heavy atom. The van der Waals surface area contributed by atoms with Gasteiger partial charge in [0.2, 0.25) is 5.91 Å². The Morgan fingerprint density at radius 2 is 2.00 bits per heavy atom. The third-order valence-corrected chi connectivity index (χ3v) is 5.36. The minimum Gasteiger partial charge on any atom is -0.352 e. The normalized spacial score (nSPS) is 21.3. The molecule has 1 aromatic heterocycles. The molecule has 2 aliphatic rings. The van der Waals surface area contributed by atoms with Crippen LogP contribution in [0.1, 0.15) is 62.0 Å². The molecule has 0 radical (unpaired) electrons. The summed E-state index contributed by atoms with van der Waals surface area (Å²) >= 11 is 0. The van der Waals surface area contributed by atoms with E-state index in [4.69, 9.17) is 0 Å². The smallest absolute Gasteiger partial charge is 0.318 e. The van der Waals surface area contributed by atoms with Crippen molar-refractivity contribution in [2.75, 3.05) is 6.54 Å². The molecule has 0 bridgehead atoms. The topological polar surface area (TPSA) is 79.3 Å². The number of carbonyl (C=O) groups excluding carboxylic acids is 2. The molecule has 1 aliphatic carbocycles. The van der Waals surface area contributed by atoms with Gasteiger partial charge in [-0.2, -0.15) is 5.10 Å². The van der Waals surface area contributed by atoms with Crippen molar-refractivity contribution < 1.29 is 9.59 Å². The quantitative estimate of drug-likeness (QED) is 0.854. The van der Waals surface area contributed by atoms with Crippen molar-refractivity contribution in [3.8, 4) is 0 Å². The minimum atomic E-state index is -0.339. The highest BCUT2D eigenvalue weighted by Crippen LogP contribution is 2.26. The Balaban J connectivity index is 1.69. The molecule has 7 nitrogen and oxygen atoms in total. The van der Waals surface area contributed by atoms with Crippen molar-refractivity contribution in [3.05, 3.63) is 17.0 Å². The van der Waals surface area contributed by atoms with Crippen LogP contribution in [0.2, 0.25) is 0 Å². The number of urea groups is 1. The van der Waals surface area contributed by atoms with Gasteiger partial charge < -0.3 is 15.5 Å². The molecule has 7 heteroatoms. The highest BCUT2D eigenvalue weighted by molar-refractivity contribution is 5.88. The van der Waals surface area contributed by atoms with Gasteiger partial charge in [-0.15, -0.1) is 0 Å². The monoisotopic (exact) mass is 347 g/mol. The van der Waals surface area contributed by atoms with Gasteiger partial charge >= 0.3 is 6.03 Å². The van der Waals surface area contributed by atoms with E-state index in [0.717, 1.165) is 49.1 Å². The molecule has 0 aromatic carbocycles. The minimum absolute atomic E-state index is 0.00284. The van der Waals surface area contributed by atoms with Gasteiger partial charge in [-0.05, 0) is 46.0 Å². The molecule has 2 fully saturated rings. The second-order valence-electron chi connectivity index (χ2n) is 7.25. The van der Waals surface area contributed by atoms with Crippen LogP contribution in [0.3, 0.4) is 0 Å². The van der Waals surface area contributed by atoms with Crippen LogP contribution in [-0.4, -0.2) is 45.2 Å². The maximum absolute atomic E-state index is 12.8. The number of aryl methyl sites for hydroxylation is 2. The van der Waals surface area contributed by atoms with Gasteiger partial charge in [0.15, 0.2) is 0 Å². The van der Waals surface area contributed by atoms with E-state index in [-0.39, 0.29) is 24.0 Å². The average molecular weight is 347 g/mol. The van der Waals surface area contributed by atoms with Crippen molar-refractivity contribution in [2.45, 2.75) is 71.0 Å². The number of carbonyl (C=O) groups is 2. The number of hydrogen-bond acceptors (Lipinski definition) is 3. The molecule has 2 atom stereocenters. The molecule has 1 saturated carbocycles. The highest BCUT2D eigenvalue weighted by atomic mass is 16.2. The molecule has 25 heavy (non-hydrogen) atoms. The first kappa shape index (κ1) is 17.8. The number of nitrogens with one attached hydrogen (secondary N) is 2. The third kappa shape index (κ3) is 3.65. The number of amides is 3. The predicted octanol–water partition coefficient (Wildman–Crippen LogP) is 1.94. The molecular formula is C18H29N5O2. The van der Waals surface area contributed by atoms with Gasteiger partial charge in [0.1, 0.15) is 6.04 Å². The van der Waals surface area contributed by atoms with E-state index in [1.165, 1.54) is 0 Å². The fourth-order valence-electron chi connectivity index (χ4n) is 3.71. The van der Waals surface area contributed by atoms with Crippen LogP contribution in [-0.2, 0) is 11.8 Å². The van der Waals surface area contributed by atoms with Gasteiger partial charge in [-0.3, -0.25) is 9.48 Å². The first-order valence-electron chi connectivity index (χ1n) is 9.30. The fraction of sp³-hybridized carbons (Fsp3) is 0.722. The lowest BCUT2D eigenvalue weighted by molar-refractivity contribution is -0.124. The van der Waals surface area contributed by atoms with Crippen molar-refractivity contribution >= 4 is 11.9 Å². The molecule has 0 spiro atoms. The Hall–Kier alpha value is -2.05. The van der Waals surface area contributed by atoms with Gasteiger partial charge in [-0.25, -0.2) is 4.79 Å². The summed E-state index contributed by atoms with van der Waals surface area (Å²) in [7, 11) is 1.92. The largest absolute Gasteiger partial charge is 0.352 e. The summed E-state index contributed by atoms with van der Waals surface area (Å²) in [5, 5.41) is 10.6. The van der Waals surface area contributed by atoms with E-state index in [1.54, 1.807) is 4.90 Å². The Kier molecular flexibility index (Phi) is 5.01. The van der Waals surface area contributed by atoms with E-state index in [9.17, 15) is 9.59 Å². The summed E-state index contributed by atoms with van der Waals surface area (Å²) < 4.78 is 1.85.